The number of Topliss-reactive ketones (excluding diaryl/α,β-unsaturated/α-hetero) is 1. The van der Waals surface area contributed by atoms with Crippen LogP contribution in [-0.2, 0) is 9.53 Å². The minimum atomic E-state index is -1.07. The zero-order chi connectivity index (χ0) is 17.7. The molecule has 2 N–H and O–H groups in total. The zero-order valence-electron chi connectivity index (χ0n) is 13.3. The van der Waals surface area contributed by atoms with Crippen molar-refractivity contribution in [3.05, 3.63) is 59.7 Å². The lowest BCUT2D eigenvalue weighted by Gasteiger charge is -2.15. The summed E-state index contributed by atoms with van der Waals surface area (Å²) >= 11 is 0. The number of benzene rings is 2. The number of nitrogens with one attached hydrogen (secondary N) is 1. The Morgan fingerprint density at radius 3 is 2.46 bits per heavy atom. The van der Waals surface area contributed by atoms with Crippen LogP contribution in [0.1, 0.15) is 34.6 Å². The molecule has 24 heavy (non-hydrogen) atoms. The van der Waals surface area contributed by atoms with Gasteiger partial charge < -0.3 is 15.2 Å². The van der Waals surface area contributed by atoms with Crippen molar-refractivity contribution in [3.63, 3.8) is 0 Å². The second-order valence-electron chi connectivity index (χ2n) is 5.19. The van der Waals surface area contributed by atoms with Crippen LogP contribution < -0.4 is 5.32 Å². The summed E-state index contributed by atoms with van der Waals surface area (Å²) in [6.45, 7) is 2.82. The van der Waals surface area contributed by atoms with Crippen molar-refractivity contribution in [1.29, 1.82) is 0 Å². The largest absolute Gasteiger partial charge is 0.508 e. The molecule has 2 aromatic rings. The number of carbonyl (C=O) groups is 3. The number of amides is 1. The second kappa shape index (κ2) is 7.41. The summed E-state index contributed by atoms with van der Waals surface area (Å²) in [6, 6.07) is 12.2. The van der Waals surface area contributed by atoms with Crippen molar-refractivity contribution >= 4 is 23.3 Å². The molecule has 6 heteroatoms. The number of phenolic OH excluding ortho intramolecular Hbond substituents is 1. The van der Waals surface area contributed by atoms with E-state index in [1.165, 1.54) is 38.1 Å². The Labute approximate surface area is 139 Å². The van der Waals surface area contributed by atoms with Gasteiger partial charge in [-0.2, -0.15) is 0 Å². The fraction of sp³-hybridized carbons (Fsp3) is 0.167. The normalized spacial score (nSPS) is 11.4. The number of anilines is 1. The van der Waals surface area contributed by atoms with Crippen LogP contribution >= 0.6 is 0 Å². The molecule has 2 rings (SSSR count). The molecule has 0 unspecified atom stereocenters. The molecule has 0 saturated heterocycles. The molecule has 0 saturated carbocycles. The van der Waals surface area contributed by atoms with Crippen molar-refractivity contribution in [2.24, 2.45) is 0 Å². The summed E-state index contributed by atoms with van der Waals surface area (Å²) in [7, 11) is 0. The van der Waals surface area contributed by atoms with E-state index in [0.717, 1.165) is 0 Å². The van der Waals surface area contributed by atoms with Crippen molar-refractivity contribution in [2.75, 3.05) is 5.32 Å². The van der Waals surface area contributed by atoms with E-state index in [2.05, 4.69) is 5.32 Å². The maximum absolute atomic E-state index is 12.2. The van der Waals surface area contributed by atoms with Crippen LogP contribution in [0.2, 0.25) is 0 Å². The van der Waals surface area contributed by atoms with E-state index in [1.807, 2.05) is 0 Å². The van der Waals surface area contributed by atoms with Crippen LogP contribution in [-0.4, -0.2) is 28.9 Å². The van der Waals surface area contributed by atoms with Gasteiger partial charge in [-0.25, -0.2) is 4.79 Å². The average molecular weight is 327 g/mol. The Hall–Kier alpha value is -3.15. The fourth-order valence-corrected chi connectivity index (χ4v) is 2.05. The first-order chi connectivity index (χ1) is 11.4. The third-order valence-corrected chi connectivity index (χ3v) is 3.30. The van der Waals surface area contributed by atoms with E-state index in [9.17, 15) is 19.5 Å². The van der Waals surface area contributed by atoms with Crippen molar-refractivity contribution < 1.29 is 24.2 Å². The first-order valence-electron chi connectivity index (χ1n) is 7.29. The summed E-state index contributed by atoms with van der Waals surface area (Å²) in [6.07, 6.45) is -1.07. The Kier molecular flexibility index (Phi) is 5.31. The molecule has 1 amide bonds. The molecule has 0 spiro atoms. The standard InChI is InChI=1S/C18H17NO5/c1-11(20)15-8-3-4-9-16(15)19-17(22)12(2)24-18(23)13-6-5-7-14(21)10-13/h3-10,12,21H,1-2H3,(H,19,22)/t12-/m0/s1. The number of aromatic hydroxyl groups is 1. The quantitative estimate of drug-likeness (QED) is 0.651. The van der Waals surface area contributed by atoms with E-state index in [1.54, 1.807) is 24.3 Å². The first kappa shape index (κ1) is 17.2. The molecule has 0 aliphatic heterocycles. The molecule has 2 aromatic carbocycles. The van der Waals surface area contributed by atoms with Crippen LogP contribution in [0.15, 0.2) is 48.5 Å². The number of ketones is 1. The molecule has 1 atom stereocenters. The minimum Gasteiger partial charge on any atom is -0.508 e. The van der Waals surface area contributed by atoms with E-state index in [0.29, 0.717) is 11.3 Å². The molecule has 124 valence electrons. The molecule has 0 aliphatic carbocycles. The SMILES string of the molecule is CC(=O)c1ccccc1NC(=O)[C@H](C)OC(=O)c1cccc(O)c1. The zero-order valence-corrected chi connectivity index (χ0v) is 13.3. The van der Waals surface area contributed by atoms with Gasteiger partial charge in [-0.05, 0) is 44.2 Å². The highest BCUT2D eigenvalue weighted by Crippen LogP contribution is 2.17. The molecule has 6 nitrogen and oxygen atoms in total. The van der Waals surface area contributed by atoms with E-state index in [-0.39, 0.29) is 17.1 Å². The van der Waals surface area contributed by atoms with Crippen LogP contribution in [0.5, 0.6) is 5.75 Å². The molecule has 0 radical (unpaired) electrons. The van der Waals surface area contributed by atoms with E-state index < -0.39 is 18.0 Å². The van der Waals surface area contributed by atoms with Gasteiger partial charge in [0.2, 0.25) is 0 Å². The fourth-order valence-electron chi connectivity index (χ4n) is 2.05. The Bertz CT molecular complexity index is 784. The number of carbonyl (C=O) groups excluding carboxylic acids is 3. The lowest BCUT2D eigenvalue weighted by Crippen LogP contribution is -2.30. The number of phenols is 1. The summed E-state index contributed by atoms with van der Waals surface area (Å²) < 4.78 is 5.08. The number of esters is 1. The van der Waals surface area contributed by atoms with Crippen molar-refractivity contribution in [2.45, 2.75) is 20.0 Å². The van der Waals surface area contributed by atoms with Crippen LogP contribution in [0.3, 0.4) is 0 Å². The lowest BCUT2D eigenvalue weighted by atomic mass is 10.1. The topological polar surface area (TPSA) is 92.7 Å². The Morgan fingerprint density at radius 2 is 1.79 bits per heavy atom. The molecule has 0 bridgehead atoms. The second-order valence-corrected chi connectivity index (χ2v) is 5.19. The summed E-state index contributed by atoms with van der Waals surface area (Å²) in [5.41, 5.74) is 0.867. The third-order valence-electron chi connectivity index (χ3n) is 3.30. The molecule has 0 fully saturated rings. The highest BCUT2D eigenvalue weighted by atomic mass is 16.5. The predicted octanol–water partition coefficient (Wildman–Crippen LogP) is 2.78. The number of hydrogen-bond donors (Lipinski definition) is 2. The average Bonchev–Trinajstić information content (AvgIpc) is 2.55. The van der Waals surface area contributed by atoms with Gasteiger partial charge in [0.15, 0.2) is 11.9 Å². The van der Waals surface area contributed by atoms with E-state index in [4.69, 9.17) is 4.74 Å². The molecular weight excluding hydrogens is 310 g/mol. The lowest BCUT2D eigenvalue weighted by molar-refractivity contribution is -0.123. The monoisotopic (exact) mass is 327 g/mol. The van der Waals surface area contributed by atoms with Gasteiger partial charge in [0, 0.05) is 5.56 Å². The maximum atomic E-state index is 12.2. The van der Waals surface area contributed by atoms with Gasteiger partial charge >= 0.3 is 5.97 Å². The third kappa shape index (κ3) is 4.19. The molecule has 0 aliphatic rings. The van der Waals surface area contributed by atoms with Gasteiger partial charge in [-0.3, -0.25) is 9.59 Å². The molecule has 0 aromatic heterocycles. The molecule has 0 heterocycles. The number of hydrogen-bond acceptors (Lipinski definition) is 5. The minimum absolute atomic E-state index is 0.0723. The highest BCUT2D eigenvalue weighted by molar-refractivity contribution is 6.05. The van der Waals surface area contributed by atoms with Crippen LogP contribution in [0.4, 0.5) is 5.69 Å². The van der Waals surface area contributed by atoms with Gasteiger partial charge in [0.05, 0.1) is 11.3 Å². The number of ether oxygens (including phenoxy) is 1. The Balaban J connectivity index is 2.05. The predicted molar refractivity (Wildman–Crippen MR) is 88.1 cm³/mol. The molecular formula is C18H17NO5. The van der Waals surface area contributed by atoms with Gasteiger partial charge in [0.25, 0.3) is 5.91 Å². The smallest absolute Gasteiger partial charge is 0.339 e. The van der Waals surface area contributed by atoms with Crippen molar-refractivity contribution in [1.82, 2.24) is 0 Å². The van der Waals surface area contributed by atoms with E-state index >= 15 is 0 Å². The maximum Gasteiger partial charge on any atom is 0.339 e. The highest BCUT2D eigenvalue weighted by Gasteiger charge is 2.20. The van der Waals surface area contributed by atoms with Gasteiger partial charge in [-0.1, -0.05) is 18.2 Å². The van der Waals surface area contributed by atoms with Gasteiger partial charge in [-0.15, -0.1) is 0 Å². The van der Waals surface area contributed by atoms with Gasteiger partial charge in [0.1, 0.15) is 5.75 Å². The first-order valence-corrected chi connectivity index (χ1v) is 7.29. The summed E-state index contributed by atoms with van der Waals surface area (Å²) in [5, 5.41) is 11.9. The Morgan fingerprint density at radius 1 is 1.08 bits per heavy atom. The van der Waals surface area contributed by atoms with Crippen LogP contribution in [0.25, 0.3) is 0 Å². The summed E-state index contributed by atoms with van der Waals surface area (Å²) in [4.78, 5) is 35.7. The summed E-state index contributed by atoms with van der Waals surface area (Å²) in [5.74, 6) is -1.54. The van der Waals surface area contributed by atoms with Crippen molar-refractivity contribution in [3.8, 4) is 5.75 Å². The number of rotatable bonds is 5. The van der Waals surface area contributed by atoms with Crippen LogP contribution in [0, 0.1) is 0 Å². The number of para-hydroxylation sites is 1.